The average molecular weight is 446 g/mol. The lowest BCUT2D eigenvalue weighted by Gasteiger charge is -2.19. The van der Waals surface area contributed by atoms with Crippen LogP contribution in [0.5, 0.6) is 0 Å². The van der Waals surface area contributed by atoms with E-state index in [0.29, 0.717) is 5.56 Å². The number of rotatable bonds is 3. The molecular weight excluding hydrogens is 433 g/mol. The van der Waals surface area contributed by atoms with E-state index in [4.69, 9.17) is 21.5 Å². The Bertz CT molecular complexity index is 854. The lowest BCUT2D eigenvalue weighted by molar-refractivity contribution is -0.384. The van der Waals surface area contributed by atoms with E-state index in [-0.39, 0.29) is 36.9 Å². The molecule has 3 rings (SSSR count). The van der Waals surface area contributed by atoms with E-state index in [9.17, 15) is 36.9 Å². The van der Waals surface area contributed by atoms with E-state index < -0.39 is 34.3 Å². The highest BCUT2D eigenvalue weighted by Crippen LogP contribution is 2.42. The molecule has 29 heavy (non-hydrogen) atoms. The molecule has 2 fully saturated rings. The van der Waals surface area contributed by atoms with Crippen molar-refractivity contribution in [1.82, 2.24) is 10.2 Å². The number of halogens is 6. The number of fused-ring (bicyclic) bond motifs is 1. The van der Waals surface area contributed by atoms with Gasteiger partial charge in [0, 0.05) is 25.7 Å². The molecule has 0 aromatic heterocycles. The number of alkyl halides is 5. The molecule has 14 heteroatoms. The molecule has 0 aliphatic carbocycles. The molecule has 2 N–H and O–H groups in total. The minimum Gasteiger partial charge on any atom is -0.475 e. The van der Waals surface area contributed by atoms with E-state index in [1.54, 1.807) is 6.07 Å². The lowest BCUT2D eigenvalue weighted by Crippen LogP contribution is -2.47. The number of benzene rings is 1. The van der Waals surface area contributed by atoms with Gasteiger partial charge in [0.25, 0.3) is 11.6 Å². The van der Waals surface area contributed by atoms with Gasteiger partial charge < -0.3 is 10.4 Å². The molecule has 1 aromatic carbocycles. The highest BCUT2D eigenvalue weighted by molar-refractivity contribution is 6.32. The number of nitrogens with one attached hydrogen (secondary N) is 1. The fourth-order valence-corrected chi connectivity index (χ4v) is 3.17. The van der Waals surface area contributed by atoms with Crippen molar-refractivity contribution in [1.29, 1.82) is 0 Å². The Morgan fingerprint density at radius 3 is 2.41 bits per heavy atom. The molecule has 2 aliphatic rings. The normalized spacial score (nSPS) is 26.3. The summed E-state index contributed by atoms with van der Waals surface area (Å²) in [5.41, 5.74) is -4.58. The number of carbonyl (C=O) groups excluding carboxylic acids is 1. The molecule has 1 amide bonds. The number of nitrogens with zero attached hydrogens (tertiary/aromatic N) is 2. The third-order valence-electron chi connectivity index (χ3n) is 4.37. The van der Waals surface area contributed by atoms with Crippen molar-refractivity contribution in [2.45, 2.75) is 24.1 Å². The molecule has 1 aromatic rings. The van der Waals surface area contributed by atoms with Crippen molar-refractivity contribution in [3.8, 4) is 0 Å². The number of carboxylic acids is 1. The zero-order chi connectivity index (χ0) is 22.2. The molecule has 8 nitrogen and oxygen atoms in total. The van der Waals surface area contributed by atoms with Crippen molar-refractivity contribution in [3.63, 3.8) is 0 Å². The number of nitro groups is 1. The predicted octanol–water partition coefficient (Wildman–Crippen LogP) is 2.24. The van der Waals surface area contributed by atoms with Crippen LogP contribution in [0.15, 0.2) is 18.2 Å². The van der Waals surface area contributed by atoms with Crippen molar-refractivity contribution < 1.29 is 41.6 Å². The number of carboxylic acid groups (broad SMARTS) is 1. The minimum absolute atomic E-state index is 0.00431. The van der Waals surface area contributed by atoms with Crippen LogP contribution in [0.4, 0.5) is 27.6 Å². The van der Waals surface area contributed by atoms with Gasteiger partial charge in [0.15, 0.2) is 5.67 Å². The number of carbonyl (C=O) groups is 2. The maximum atomic E-state index is 14.5. The van der Waals surface area contributed by atoms with Crippen LogP contribution in [-0.4, -0.2) is 64.0 Å². The van der Waals surface area contributed by atoms with Crippen LogP contribution in [0.1, 0.15) is 5.56 Å². The number of likely N-dealkylation sites (tertiary alicyclic amines) is 1. The molecule has 0 spiro atoms. The van der Waals surface area contributed by atoms with Gasteiger partial charge in [0.05, 0.1) is 11.5 Å². The van der Waals surface area contributed by atoms with E-state index in [1.807, 2.05) is 0 Å². The Balaban J connectivity index is 0.000000370. The van der Waals surface area contributed by atoms with Crippen LogP contribution < -0.4 is 5.32 Å². The maximum absolute atomic E-state index is 14.5. The molecule has 2 saturated heterocycles. The quantitative estimate of drug-likeness (QED) is 0.419. The molecule has 0 unspecified atom stereocenters. The monoisotopic (exact) mass is 445 g/mol. The van der Waals surface area contributed by atoms with E-state index >= 15 is 0 Å². The van der Waals surface area contributed by atoms with Crippen LogP contribution in [0, 0.1) is 10.1 Å². The van der Waals surface area contributed by atoms with Gasteiger partial charge in [0.1, 0.15) is 5.02 Å². The lowest BCUT2D eigenvalue weighted by atomic mass is 9.93. The average Bonchev–Trinajstić information content (AvgIpc) is 2.96. The second kappa shape index (κ2) is 7.71. The summed E-state index contributed by atoms with van der Waals surface area (Å²) in [4.78, 5) is 32.1. The fraction of sp³-hybridized carbons (Fsp3) is 0.467. The smallest absolute Gasteiger partial charge is 0.475 e. The van der Waals surface area contributed by atoms with E-state index in [0.717, 1.165) is 0 Å². The topological polar surface area (TPSA) is 113 Å². The van der Waals surface area contributed by atoms with Crippen molar-refractivity contribution in [3.05, 3.63) is 38.9 Å². The van der Waals surface area contributed by atoms with E-state index in [2.05, 4.69) is 5.32 Å². The number of amides is 1. The summed E-state index contributed by atoms with van der Waals surface area (Å²) >= 11 is 5.72. The van der Waals surface area contributed by atoms with Crippen LogP contribution in [-0.2, 0) is 16.1 Å². The van der Waals surface area contributed by atoms with Gasteiger partial charge in [-0.3, -0.25) is 19.8 Å². The van der Waals surface area contributed by atoms with Crippen molar-refractivity contribution in [2.24, 2.45) is 0 Å². The van der Waals surface area contributed by atoms with Crippen LogP contribution >= 0.6 is 11.6 Å². The van der Waals surface area contributed by atoms with Gasteiger partial charge in [-0.05, 0) is 11.6 Å². The summed E-state index contributed by atoms with van der Waals surface area (Å²) in [5, 5.41) is 20.2. The van der Waals surface area contributed by atoms with Crippen LogP contribution in [0.3, 0.4) is 0 Å². The van der Waals surface area contributed by atoms with Crippen molar-refractivity contribution >= 4 is 29.2 Å². The number of aliphatic carboxylic acids is 1. The molecule has 2 atom stereocenters. The van der Waals surface area contributed by atoms with Crippen LogP contribution in [0.2, 0.25) is 5.02 Å². The molecular formula is C15H13ClF5N3O5. The number of nitro benzene ring substituents is 1. The summed E-state index contributed by atoms with van der Waals surface area (Å²) < 4.78 is 60.8. The summed E-state index contributed by atoms with van der Waals surface area (Å²) in [6.07, 6.45) is -5.08. The largest absolute Gasteiger partial charge is 0.490 e. The highest BCUT2D eigenvalue weighted by atomic mass is 35.5. The Hall–Kier alpha value is -2.54. The zero-order valence-electron chi connectivity index (χ0n) is 14.3. The SMILES string of the molecule is O=C(O)C(F)(F)F.O=C1NC[C@@]2(F)CN(Cc3ccc(Cl)c([N+](=O)[O-])c3)C[C@@]12F. The van der Waals surface area contributed by atoms with Crippen LogP contribution in [0.25, 0.3) is 0 Å². The third kappa shape index (κ3) is 4.56. The summed E-state index contributed by atoms with van der Waals surface area (Å²) in [7, 11) is 0. The number of hydrogen-bond donors (Lipinski definition) is 2. The molecule has 0 radical (unpaired) electrons. The van der Waals surface area contributed by atoms with Crippen molar-refractivity contribution in [2.75, 3.05) is 19.6 Å². The summed E-state index contributed by atoms with van der Waals surface area (Å²) in [6, 6.07) is 4.20. The molecule has 2 aliphatic heterocycles. The Morgan fingerprint density at radius 1 is 1.34 bits per heavy atom. The maximum Gasteiger partial charge on any atom is 0.490 e. The second-order valence-corrected chi connectivity index (χ2v) is 6.85. The number of hydrogen-bond acceptors (Lipinski definition) is 5. The van der Waals surface area contributed by atoms with Gasteiger partial charge in [-0.2, -0.15) is 13.2 Å². The molecule has 0 bridgehead atoms. The van der Waals surface area contributed by atoms with Gasteiger partial charge in [-0.1, -0.05) is 17.7 Å². The molecule has 0 saturated carbocycles. The first kappa shape index (κ1) is 22.7. The van der Waals surface area contributed by atoms with E-state index in [1.165, 1.54) is 17.0 Å². The standard InChI is InChI=1S/C13H12ClF2N3O3.C2HF3O2/c14-9-2-1-8(3-10(9)19(21)22)4-18-6-12(15)5-17-11(20)13(12,16)7-18;3-2(4,5)1(6)7/h1-3H,4-7H2,(H,17,20);(H,6,7)/t12-,13-;/m1./s1. The van der Waals surface area contributed by atoms with Gasteiger partial charge in [0.2, 0.25) is 5.67 Å². The first-order valence-corrected chi connectivity index (χ1v) is 8.19. The van der Waals surface area contributed by atoms with Gasteiger partial charge in [-0.15, -0.1) is 0 Å². The van der Waals surface area contributed by atoms with Gasteiger partial charge >= 0.3 is 12.1 Å². The first-order valence-electron chi connectivity index (χ1n) is 7.81. The Labute approximate surface area is 164 Å². The zero-order valence-corrected chi connectivity index (χ0v) is 15.1. The third-order valence-corrected chi connectivity index (χ3v) is 4.69. The van der Waals surface area contributed by atoms with Gasteiger partial charge in [-0.25, -0.2) is 13.6 Å². The Kier molecular flexibility index (Phi) is 6.04. The highest BCUT2D eigenvalue weighted by Gasteiger charge is 2.68. The second-order valence-electron chi connectivity index (χ2n) is 6.44. The minimum atomic E-state index is -5.08. The summed E-state index contributed by atoms with van der Waals surface area (Å²) in [6.45, 7) is -0.896. The first-order chi connectivity index (χ1) is 13.2. The Morgan fingerprint density at radius 2 is 1.93 bits per heavy atom. The fourth-order valence-electron chi connectivity index (χ4n) is 2.98. The predicted molar refractivity (Wildman–Crippen MR) is 87.8 cm³/mol. The molecule has 160 valence electrons. The summed E-state index contributed by atoms with van der Waals surface area (Å²) in [5.74, 6) is -3.70. The molecule has 2 heterocycles.